The fourth-order valence-electron chi connectivity index (χ4n) is 1.53. The summed E-state index contributed by atoms with van der Waals surface area (Å²) in [5.74, 6) is 0. The standard InChI is InChI=1S/C12H14BrN3S/c1-8-9(4-3-5-10(8)13)12-16-15-11(17-12)6-7-14-2/h3-5,14H,6-7H2,1-2H3. The van der Waals surface area contributed by atoms with Gasteiger partial charge < -0.3 is 5.32 Å². The molecule has 3 nitrogen and oxygen atoms in total. The molecule has 2 aromatic rings. The van der Waals surface area contributed by atoms with E-state index in [9.17, 15) is 0 Å². The zero-order valence-electron chi connectivity index (χ0n) is 9.83. The van der Waals surface area contributed by atoms with Crippen LogP contribution in [0.25, 0.3) is 10.6 Å². The minimum absolute atomic E-state index is 0.932. The molecule has 1 aromatic heterocycles. The summed E-state index contributed by atoms with van der Waals surface area (Å²) in [6.45, 7) is 3.03. The van der Waals surface area contributed by atoms with Crippen molar-refractivity contribution in [2.75, 3.05) is 13.6 Å². The molecule has 1 aromatic carbocycles. The van der Waals surface area contributed by atoms with Crippen molar-refractivity contribution in [2.45, 2.75) is 13.3 Å². The molecule has 17 heavy (non-hydrogen) atoms. The number of benzene rings is 1. The van der Waals surface area contributed by atoms with Crippen LogP contribution >= 0.6 is 27.3 Å². The summed E-state index contributed by atoms with van der Waals surface area (Å²) in [5, 5.41) is 13.7. The van der Waals surface area contributed by atoms with Crippen molar-refractivity contribution in [3.05, 3.63) is 33.2 Å². The molecular formula is C12H14BrN3S. The molecule has 0 aliphatic rings. The highest BCUT2D eigenvalue weighted by Crippen LogP contribution is 2.30. The van der Waals surface area contributed by atoms with Crippen LogP contribution in [0.5, 0.6) is 0 Å². The van der Waals surface area contributed by atoms with E-state index in [0.29, 0.717) is 0 Å². The Morgan fingerprint density at radius 3 is 2.94 bits per heavy atom. The minimum Gasteiger partial charge on any atom is -0.319 e. The zero-order chi connectivity index (χ0) is 12.3. The molecule has 1 heterocycles. The largest absolute Gasteiger partial charge is 0.319 e. The van der Waals surface area contributed by atoms with Gasteiger partial charge in [-0.1, -0.05) is 39.4 Å². The van der Waals surface area contributed by atoms with Crippen molar-refractivity contribution >= 4 is 27.3 Å². The highest BCUT2D eigenvalue weighted by Gasteiger charge is 2.10. The van der Waals surface area contributed by atoms with Gasteiger partial charge in [-0.25, -0.2) is 0 Å². The second-order valence-electron chi connectivity index (χ2n) is 3.77. The van der Waals surface area contributed by atoms with Crippen LogP contribution in [0.15, 0.2) is 22.7 Å². The molecule has 0 aliphatic heterocycles. The third kappa shape index (κ3) is 2.91. The van der Waals surface area contributed by atoms with Crippen LogP contribution < -0.4 is 5.32 Å². The fraction of sp³-hybridized carbons (Fsp3) is 0.333. The Kier molecular flexibility index (Phi) is 4.25. The Balaban J connectivity index is 2.27. The van der Waals surface area contributed by atoms with Gasteiger partial charge in [0.25, 0.3) is 0 Å². The summed E-state index contributed by atoms with van der Waals surface area (Å²) in [6, 6.07) is 6.16. The normalized spacial score (nSPS) is 10.8. The van der Waals surface area contributed by atoms with Crippen LogP contribution in [0.1, 0.15) is 10.6 Å². The number of halogens is 1. The molecule has 0 aliphatic carbocycles. The molecule has 0 saturated carbocycles. The van der Waals surface area contributed by atoms with Crippen molar-refractivity contribution in [1.29, 1.82) is 0 Å². The lowest BCUT2D eigenvalue weighted by Gasteiger charge is -2.02. The van der Waals surface area contributed by atoms with Crippen LogP contribution in [-0.2, 0) is 6.42 Å². The maximum atomic E-state index is 4.26. The molecule has 0 atom stereocenters. The van der Waals surface area contributed by atoms with Gasteiger partial charge in [-0.3, -0.25) is 0 Å². The SMILES string of the molecule is CNCCc1nnc(-c2cccc(Br)c2C)s1. The van der Waals surface area contributed by atoms with Crippen molar-refractivity contribution in [3.63, 3.8) is 0 Å². The number of rotatable bonds is 4. The highest BCUT2D eigenvalue weighted by atomic mass is 79.9. The summed E-state index contributed by atoms with van der Waals surface area (Å²) in [6.07, 6.45) is 0.932. The molecule has 90 valence electrons. The molecule has 2 rings (SSSR count). The number of likely N-dealkylation sites (N-methyl/N-ethyl adjacent to an activating group) is 1. The lowest BCUT2D eigenvalue weighted by Crippen LogP contribution is -2.09. The van der Waals surface area contributed by atoms with E-state index in [4.69, 9.17) is 0 Å². The first kappa shape index (κ1) is 12.7. The third-order valence-corrected chi connectivity index (χ3v) is 4.43. The molecule has 5 heteroatoms. The summed E-state index contributed by atoms with van der Waals surface area (Å²) < 4.78 is 1.11. The molecule has 0 bridgehead atoms. The summed E-state index contributed by atoms with van der Waals surface area (Å²) in [4.78, 5) is 0. The van der Waals surface area contributed by atoms with Gasteiger partial charge in [-0.05, 0) is 25.6 Å². The molecule has 1 N–H and O–H groups in total. The summed E-state index contributed by atoms with van der Waals surface area (Å²) >= 11 is 5.20. The molecule has 0 saturated heterocycles. The van der Waals surface area contributed by atoms with E-state index < -0.39 is 0 Å². The second-order valence-corrected chi connectivity index (χ2v) is 5.68. The Bertz CT molecular complexity index is 510. The van der Waals surface area contributed by atoms with Gasteiger partial charge in [-0.15, -0.1) is 10.2 Å². The molecule has 0 radical (unpaired) electrons. The Morgan fingerprint density at radius 1 is 1.35 bits per heavy atom. The zero-order valence-corrected chi connectivity index (χ0v) is 12.2. The van der Waals surface area contributed by atoms with Crippen LogP contribution in [0.3, 0.4) is 0 Å². The van der Waals surface area contributed by atoms with Crippen molar-refractivity contribution in [3.8, 4) is 10.6 Å². The van der Waals surface area contributed by atoms with E-state index >= 15 is 0 Å². The van der Waals surface area contributed by atoms with Crippen LogP contribution in [0, 0.1) is 6.92 Å². The average Bonchev–Trinajstić information content (AvgIpc) is 2.78. The van der Waals surface area contributed by atoms with E-state index in [-0.39, 0.29) is 0 Å². The first-order valence-corrected chi connectivity index (χ1v) is 7.06. The highest BCUT2D eigenvalue weighted by molar-refractivity contribution is 9.10. The predicted molar refractivity (Wildman–Crippen MR) is 75.4 cm³/mol. The first-order chi connectivity index (χ1) is 8.22. The smallest absolute Gasteiger partial charge is 0.148 e. The molecule has 0 fully saturated rings. The molecular weight excluding hydrogens is 298 g/mol. The topological polar surface area (TPSA) is 37.8 Å². The van der Waals surface area contributed by atoms with E-state index in [1.165, 1.54) is 5.56 Å². The van der Waals surface area contributed by atoms with Gasteiger partial charge in [0, 0.05) is 23.0 Å². The van der Waals surface area contributed by atoms with Gasteiger partial charge in [0.05, 0.1) is 0 Å². The van der Waals surface area contributed by atoms with Gasteiger partial charge in [0.2, 0.25) is 0 Å². The fourth-order valence-corrected chi connectivity index (χ4v) is 2.82. The Morgan fingerprint density at radius 2 is 2.18 bits per heavy atom. The molecule has 0 amide bonds. The predicted octanol–water partition coefficient (Wildman–Crippen LogP) is 3.04. The van der Waals surface area contributed by atoms with Crippen molar-refractivity contribution in [1.82, 2.24) is 15.5 Å². The number of nitrogens with zero attached hydrogens (tertiary/aromatic N) is 2. The quantitative estimate of drug-likeness (QED) is 0.943. The lowest BCUT2D eigenvalue weighted by molar-refractivity contribution is 0.779. The van der Waals surface area contributed by atoms with E-state index in [2.05, 4.69) is 44.4 Å². The van der Waals surface area contributed by atoms with Crippen molar-refractivity contribution < 1.29 is 0 Å². The number of aromatic nitrogens is 2. The van der Waals surface area contributed by atoms with Crippen LogP contribution in [0.4, 0.5) is 0 Å². The van der Waals surface area contributed by atoms with Crippen LogP contribution in [0.2, 0.25) is 0 Å². The van der Waals surface area contributed by atoms with Crippen molar-refractivity contribution in [2.24, 2.45) is 0 Å². The average molecular weight is 312 g/mol. The molecule has 0 spiro atoms. The Hall–Kier alpha value is -0.780. The number of nitrogens with one attached hydrogen (secondary N) is 1. The van der Waals surface area contributed by atoms with Gasteiger partial charge in [0.1, 0.15) is 10.0 Å². The van der Waals surface area contributed by atoms with E-state index in [1.54, 1.807) is 11.3 Å². The number of hydrogen-bond donors (Lipinski definition) is 1. The first-order valence-electron chi connectivity index (χ1n) is 5.45. The lowest BCUT2D eigenvalue weighted by atomic mass is 10.1. The van der Waals surface area contributed by atoms with Gasteiger partial charge in [0.15, 0.2) is 0 Å². The maximum absolute atomic E-state index is 4.26. The summed E-state index contributed by atoms with van der Waals surface area (Å²) in [5.41, 5.74) is 2.37. The van der Waals surface area contributed by atoms with E-state index in [1.807, 2.05) is 19.2 Å². The van der Waals surface area contributed by atoms with Gasteiger partial charge in [-0.2, -0.15) is 0 Å². The third-order valence-electron chi connectivity index (χ3n) is 2.55. The summed E-state index contributed by atoms with van der Waals surface area (Å²) in [7, 11) is 1.94. The maximum Gasteiger partial charge on any atom is 0.148 e. The number of hydrogen-bond acceptors (Lipinski definition) is 4. The monoisotopic (exact) mass is 311 g/mol. The van der Waals surface area contributed by atoms with Gasteiger partial charge >= 0.3 is 0 Å². The Labute approximate surface area is 113 Å². The van der Waals surface area contributed by atoms with Crippen LogP contribution in [-0.4, -0.2) is 23.8 Å². The van der Waals surface area contributed by atoms with E-state index in [0.717, 1.165) is 33.0 Å². The second kappa shape index (κ2) is 5.71. The minimum atomic E-state index is 0.932. The molecule has 0 unspecified atom stereocenters.